The molecule has 0 bridgehead atoms. The fraction of sp³-hybridized carbons (Fsp3) is 0.0417. The number of esters is 1. The molecule has 0 fully saturated rings. The van der Waals surface area contributed by atoms with Crippen LogP contribution >= 0.6 is 0 Å². The molecule has 3 aromatic carbocycles. The number of ether oxygens (including phenoxy) is 1. The normalized spacial score (nSPS) is 10.9. The van der Waals surface area contributed by atoms with Gasteiger partial charge in [-0.05, 0) is 47.0 Å². The van der Waals surface area contributed by atoms with Crippen molar-refractivity contribution in [2.24, 2.45) is 5.10 Å². The Labute approximate surface area is 169 Å². The number of nitrogens with zero attached hydrogens (tertiary/aromatic N) is 1. The van der Waals surface area contributed by atoms with E-state index in [0.717, 1.165) is 16.7 Å². The van der Waals surface area contributed by atoms with Gasteiger partial charge in [-0.3, -0.25) is 4.79 Å². The van der Waals surface area contributed by atoms with Crippen LogP contribution in [0.2, 0.25) is 0 Å². The topological polar surface area (TPSA) is 67.8 Å². The van der Waals surface area contributed by atoms with Crippen molar-refractivity contribution in [3.8, 4) is 5.75 Å². The van der Waals surface area contributed by atoms with Crippen LogP contribution in [0.4, 0.5) is 0 Å². The number of carbonyl (C=O) groups is 2. The van der Waals surface area contributed by atoms with Gasteiger partial charge in [-0.1, -0.05) is 60.7 Å². The lowest BCUT2D eigenvalue weighted by Crippen LogP contribution is -2.19. The van der Waals surface area contributed by atoms with E-state index in [4.69, 9.17) is 4.74 Å². The molecule has 144 valence electrons. The average Bonchev–Trinajstić information content (AvgIpc) is 2.75. The number of hydrazone groups is 1. The lowest BCUT2D eigenvalue weighted by atomic mass is 10.1. The van der Waals surface area contributed by atoms with Gasteiger partial charge in [0.15, 0.2) is 0 Å². The molecule has 0 aliphatic heterocycles. The Bertz CT molecular complexity index is 995. The third-order valence-corrected chi connectivity index (χ3v) is 3.92. The van der Waals surface area contributed by atoms with Gasteiger partial charge in [-0.15, -0.1) is 0 Å². The second-order valence-electron chi connectivity index (χ2n) is 6.19. The zero-order chi connectivity index (χ0) is 20.3. The quantitative estimate of drug-likeness (QED) is 0.220. The van der Waals surface area contributed by atoms with E-state index in [2.05, 4.69) is 10.5 Å². The number of carbonyl (C=O) groups excluding carboxylic acids is 2. The number of amides is 1. The Balaban J connectivity index is 1.47. The zero-order valence-electron chi connectivity index (χ0n) is 15.7. The van der Waals surface area contributed by atoms with Gasteiger partial charge in [0.25, 0.3) is 0 Å². The maximum Gasteiger partial charge on any atom is 0.336 e. The van der Waals surface area contributed by atoms with Crippen molar-refractivity contribution in [2.75, 3.05) is 0 Å². The van der Waals surface area contributed by atoms with E-state index in [0.29, 0.717) is 5.75 Å². The van der Waals surface area contributed by atoms with Gasteiger partial charge >= 0.3 is 5.97 Å². The number of nitrogens with one attached hydrogen (secondary N) is 1. The first kappa shape index (κ1) is 19.8. The molecule has 0 saturated heterocycles. The molecule has 1 amide bonds. The monoisotopic (exact) mass is 384 g/mol. The summed E-state index contributed by atoms with van der Waals surface area (Å²) in [6.07, 6.45) is 4.88. The van der Waals surface area contributed by atoms with Crippen LogP contribution in [0.5, 0.6) is 5.75 Å². The van der Waals surface area contributed by atoms with Crippen LogP contribution in [0.1, 0.15) is 16.7 Å². The van der Waals surface area contributed by atoms with Crippen LogP contribution in [0.3, 0.4) is 0 Å². The van der Waals surface area contributed by atoms with E-state index < -0.39 is 5.97 Å². The van der Waals surface area contributed by atoms with Crippen molar-refractivity contribution in [1.82, 2.24) is 5.43 Å². The highest BCUT2D eigenvalue weighted by atomic mass is 16.5. The Morgan fingerprint density at radius 1 is 0.828 bits per heavy atom. The predicted molar refractivity (Wildman–Crippen MR) is 113 cm³/mol. The number of hydrogen-bond acceptors (Lipinski definition) is 4. The molecular weight excluding hydrogens is 364 g/mol. The standard InChI is InChI=1S/C24H20N2O3/c27-23(17-20-9-5-2-6-10-20)26-25-18-21-11-14-22(15-12-21)29-24(28)16-13-19-7-3-1-4-8-19/h1-16,18H,17H2,(H,26,27). The largest absolute Gasteiger partial charge is 0.423 e. The summed E-state index contributed by atoms with van der Waals surface area (Å²) >= 11 is 0. The smallest absolute Gasteiger partial charge is 0.336 e. The molecule has 0 unspecified atom stereocenters. The van der Waals surface area contributed by atoms with E-state index in [9.17, 15) is 9.59 Å². The second kappa shape index (κ2) is 10.4. The summed E-state index contributed by atoms with van der Waals surface area (Å²) in [4.78, 5) is 23.7. The number of hydrogen-bond donors (Lipinski definition) is 1. The highest BCUT2D eigenvalue weighted by Gasteiger charge is 2.02. The fourth-order valence-corrected chi connectivity index (χ4v) is 2.50. The Hall–Kier alpha value is -3.99. The first-order chi connectivity index (χ1) is 14.2. The Morgan fingerprint density at radius 3 is 2.17 bits per heavy atom. The summed E-state index contributed by atoms with van der Waals surface area (Å²) in [5.74, 6) is -0.218. The van der Waals surface area contributed by atoms with Gasteiger partial charge in [0.2, 0.25) is 5.91 Å². The van der Waals surface area contributed by atoms with E-state index in [-0.39, 0.29) is 12.3 Å². The van der Waals surface area contributed by atoms with Gasteiger partial charge < -0.3 is 4.74 Å². The molecule has 1 N–H and O–H groups in total. The predicted octanol–water partition coefficient (Wildman–Crippen LogP) is 4.00. The molecule has 5 heteroatoms. The van der Waals surface area contributed by atoms with Crippen molar-refractivity contribution >= 4 is 24.2 Å². The van der Waals surface area contributed by atoms with Crippen LogP contribution in [0.15, 0.2) is 96.1 Å². The van der Waals surface area contributed by atoms with Gasteiger partial charge in [0.1, 0.15) is 5.75 Å². The van der Waals surface area contributed by atoms with Crippen LogP contribution in [0.25, 0.3) is 6.08 Å². The number of benzene rings is 3. The minimum Gasteiger partial charge on any atom is -0.423 e. The molecule has 0 heterocycles. The van der Waals surface area contributed by atoms with Crippen LogP contribution in [-0.2, 0) is 16.0 Å². The zero-order valence-corrected chi connectivity index (χ0v) is 15.7. The molecule has 0 atom stereocenters. The van der Waals surface area contributed by atoms with E-state index in [1.807, 2.05) is 60.7 Å². The minimum atomic E-state index is -0.455. The molecule has 0 spiro atoms. The number of rotatable bonds is 7. The van der Waals surface area contributed by atoms with Crippen LogP contribution in [0, 0.1) is 0 Å². The summed E-state index contributed by atoms with van der Waals surface area (Å²) in [6, 6.07) is 25.8. The van der Waals surface area contributed by atoms with Crippen molar-refractivity contribution < 1.29 is 14.3 Å². The maximum atomic E-state index is 11.9. The first-order valence-corrected chi connectivity index (χ1v) is 9.10. The molecule has 3 aromatic rings. The first-order valence-electron chi connectivity index (χ1n) is 9.10. The molecule has 0 radical (unpaired) electrons. The molecule has 0 aliphatic carbocycles. The Morgan fingerprint density at radius 2 is 1.48 bits per heavy atom. The third kappa shape index (κ3) is 6.92. The SMILES string of the molecule is O=C(Cc1ccccc1)NN=Cc1ccc(OC(=O)C=Cc2ccccc2)cc1. The molecule has 5 nitrogen and oxygen atoms in total. The lowest BCUT2D eigenvalue weighted by molar-refractivity contribution is -0.129. The lowest BCUT2D eigenvalue weighted by Gasteiger charge is -2.02. The fourth-order valence-electron chi connectivity index (χ4n) is 2.50. The molecule has 29 heavy (non-hydrogen) atoms. The van der Waals surface area contributed by atoms with Crippen LogP contribution < -0.4 is 10.2 Å². The van der Waals surface area contributed by atoms with Gasteiger partial charge in [0.05, 0.1) is 12.6 Å². The molecular formula is C24H20N2O3. The van der Waals surface area contributed by atoms with Gasteiger partial charge in [-0.2, -0.15) is 5.10 Å². The summed E-state index contributed by atoms with van der Waals surface area (Å²) in [5.41, 5.74) is 5.11. The van der Waals surface area contributed by atoms with Gasteiger partial charge in [0, 0.05) is 6.08 Å². The highest BCUT2D eigenvalue weighted by Crippen LogP contribution is 2.12. The van der Waals surface area contributed by atoms with Gasteiger partial charge in [-0.25, -0.2) is 10.2 Å². The van der Waals surface area contributed by atoms with Crippen molar-refractivity contribution in [3.05, 3.63) is 108 Å². The van der Waals surface area contributed by atoms with Crippen molar-refractivity contribution in [2.45, 2.75) is 6.42 Å². The van der Waals surface area contributed by atoms with Crippen molar-refractivity contribution in [1.29, 1.82) is 0 Å². The average molecular weight is 384 g/mol. The van der Waals surface area contributed by atoms with Crippen molar-refractivity contribution in [3.63, 3.8) is 0 Å². The highest BCUT2D eigenvalue weighted by molar-refractivity contribution is 5.89. The summed E-state index contributed by atoms with van der Waals surface area (Å²) < 4.78 is 5.26. The summed E-state index contributed by atoms with van der Waals surface area (Å²) in [6.45, 7) is 0. The van der Waals surface area contributed by atoms with E-state index in [1.165, 1.54) is 12.3 Å². The summed E-state index contributed by atoms with van der Waals surface area (Å²) in [7, 11) is 0. The minimum absolute atomic E-state index is 0.191. The molecule has 0 aliphatic rings. The van der Waals surface area contributed by atoms with E-state index >= 15 is 0 Å². The molecule has 0 aromatic heterocycles. The van der Waals surface area contributed by atoms with Crippen LogP contribution in [-0.4, -0.2) is 18.1 Å². The Kier molecular flexibility index (Phi) is 7.07. The van der Waals surface area contributed by atoms with E-state index in [1.54, 1.807) is 30.3 Å². The third-order valence-electron chi connectivity index (χ3n) is 3.92. The molecule has 3 rings (SSSR count). The maximum absolute atomic E-state index is 11.9. The summed E-state index contributed by atoms with van der Waals surface area (Å²) in [5, 5.41) is 3.95. The molecule has 0 saturated carbocycles. The second-order valence-corrected chi connectivity index (χ2v) is 6.19.